The van der Waals surface area contributed by atoms with E-state index in [1.807, 2.05) is 45.2 Å². The number of rotatable bonds is 8. The number of unbranched alkanes of at least 4 members (excludes halogenated alkanes) is 1. The van der Waals surface area contributed by atoms with E-state index in [0.29, 0.717) is 11.6 Å². The average Bonchev–Trinajstić information content (AvgIpc) is 2.98. The maximum Gasteiger partial charge on any atom is 0.222 e. The molecule has 0 saturated heterocycles. The molecule has 33 heavy (non-hydrogen) atoms. The van der Waals surface area contributed by atoms with Crippen molar-refractivity contribution in [2.24, 2.45) is 4.99 Å². The number of hydrogen-bond acceptors (Lipinski definition) is 6. The number of carbonyl (C=O) groups is 1. The van der Waals surface area contributed by atoms with Crippen molar-refractivity contribution in [2.45, 2.75) is 46.1 Å². The Balaban J connectivity index is 2.00. The molecule has 1 aliphatic heterocycles. The first-order valence-electron chi connectivity index (χ1n) is 11.0. The van der Waals surface area contributed by atoms with Crippen molar-refractivity contribution in [3.05, 3.63) is 50.9 Å². The lowest BCUT2D eigenvalue weighted by atomic mass is 9.99. The highest BCUT2D eigenvalue weighted by Crippen LogP contribution is 2.40. The maximum absolute atomic E-state index is 12.7. The Hall–Kier alpha value is -2.55. The largest absolute Gasteiger partial charge is 0.356 e. The summed E-state index contributed by atoms with van der Waals surface area (Å²) in [6.07, 6.45) is 1.92. The van der Waals surface area contributed by atoms with E-state index >= 15 is 0 Å². The SMILES string of the molecule is CNCCCCNC(=O)CC1N=C(c2ccc(Cl)cc2)c2c(sc(C)c2C)N(C(C)=N)C1=N. The second kappa shape index (κ2) is 11.0. The molecule has 0 radical (unpaired) electrons. The second-order valence-electron chi connectivity index (χ2n) is 8.13. The highest BCUT2D eigenvalue weighted by atomic mass is 35.5. The van der Waals surface area contributed by atoms with Crippen LogP contribution in [0.2, 0.25) is 5.02 Å². The van der Waals surface area contributed by atoms with Gasteiger partial charge in [-0.05, 0) is 64.9 Å². The van der Waals surface area contributed by atoms with Gasteiger partial charge in [-0.3, -0.25) is 25.5 Å². The van der Waals surface area contributed by atoms with Crippen LogP contribution in [0.15, 0.2) is 29.3 Å². The third-order valence-corrected chi connectivity index (χ3v) is 7.10. The smallest absolute Gasteiger partial charge is 0.222 e. The summed E-state index contributed by atoms with van der Waals surface area (Å²) >= 11 is 7.66. The van der Waals surface area contributed by atoms with Gasteiger partial charge < -0.3 is 10.6 Å². The van der Waals surface area contributed by atoms with Gasteiger partial charge in [0.25, 0.3) is 0 Å². The highest BCUT2D eigenvalue weighted by Gasteiger charge is 2.34. The number of hydrogen-bond donors (Lipinski definition) is 4. The number of halogens is 1. The van der Waals surface area contributed by atoms with E-state index in [1.54, 1.807) is 23.2 Å². The Bertz CT molecular complexity index is 1080. The Morgan fingerprint density at radius 1 is 1.21 bits per heavy atom. The molecule has 4 N–H and O–H groups in total. The van der Waals surface area contributed by atoms with Gasteiger partial charge in [-0.15, -0.1) is 11.3 Å². The summed E-state index contributed by atoms with van der Waals surface area (Å²) in [7, 11) is 1.91. The molecule has 1 atom stereocenters. The van der Waals surface area contributed by atoms with Crippen LogP contribution < -0.4 is 15.5 Å². The van der Waals surface area contributed by atoms with Gasteiger partial charge in [0, 0.05) is 27.6 Å². The lowest BCUT2D eigenvalue weighted by Crippen LogP contribution is -2.42. The minimum absolute atomic E-state index is 0.0543. The molecule has 0 saturated carbocycles. The number of amidine groups is 2. The van der Waals surface area contributed by atoms with Crippen LogP contribution >= 0.6 is 22.9 Å². The molecule has 9 heteroatoms. The topological polar surface area (TPSA) is 104 Å². The predicted octanol–water partition coefficient (Wildman–Crippen LogP) is 4.52. The van der Waals surface area contributed by atoms with Gasteiger partial charge in [-0.25, -0.2) is 0 Å². The van der Waals surface area contributed by atoms with E-state index in [1.165, 1.54) is 0 Å². The van der Waals surface area contributed by atoms with E-state index in [9.17, 15) is 4.79 Å². The summed E-state index contributed by atoms with van der Waals surface area (Å²) in [5.41, 5.74) is 3.57. The van der Waals surface area contributed by atoms with Crippen LogP contribution in [0.25, 0.3) is 0 Å². The van der Waals surface area contributed by atoms with Gasteiger partial charge >= 0.3 is 0 Å². The van der Waals surface area contributed by atoms with Gasteiger partial charge in [0.2, 0.25) is 5.91 Å². The zero-order valence-corrected chi connectivity index (χ0v) is 21.1. The van der Waals surface area contributed by atoms with Gasteiger partial charge in [0.05, 0.1) is 12.1 Å². The normalized spacial score (nSPS) is 15.7. The van der Waals surface area contributed by atoms with E-state index < -0.39 is 6.04 Å². The van der Waals surface area contributed by atoms with Gasteiger partial charge in [-0.2, -0.15) is 0 Å². The zero-order valence-electron chi connectivity index (χ0n) is 19.5. The average molecular weight is 487 g/mol. The molecule has 1 amide bonds. The van der Waals surface area contributed by atoms with E-state index in [2.05, 4.69) is 10.6 Å². The summed E-state index contributed by atoms with van der Waals surface area (Å²) in [4.78, 5) is 20.4. The third-order valence-electron chi connectivity index (χ3n) is 5.66. The predicted molar refractivity (Wildman–Crippen MR) is 139 cm³/mol. The summed E-state index contributed by atoms with van der Waals surface area (Å²) in [6.45, 7) is 7.23. The van der Waals surface area contributed by atoms with Crippen LogP contribution in [0.3, 0.4) is 0 Å². The zero-order chi connectivity index (χ0) is 24.1. The summed E-state index contributed by atoms with van der Waals surface area (Å²) in [5.74, 6) is 0.223. The highest BCUT2D eigenvalue weighted by molar-refractivity contribution is 7.17. The van der Waals surface area contributed by atoms with Gasteiger partial charge in [-0.1, -0.05) is 23.7 Å². The first kappa shape index (κ1) is 25.1. The minimum Gasteiger partial charge on any atom is -0.356 e. The molecule has 0 fully saturated rings. The molecule has 0 bridgehead atoms. The summed E-state index contributed by atoms with van der Waals surface area (Å²) in [5, 5.41) is 24.8. The molecular formula is C24H31ClN6OS. The standard InChI is InChI=1S/C24H31ClN6OS/c1-14-15(2)33-24-21(14)22(17-7-9-18(25)10-8-17)30-19(23(27)31(24)16(3)26)13-20(32)29-12-6-5-11-28-4/h7-10,19,26-28H,5-6,11-13H2,1-4H3,(H,29,32). The van der Waals surface area contributed by atoms with E-state index in [-0.39, 0.29) is 24.0 Å². The molecule has 1 unspecified atom stereocenters. The quantitative estimate of drug-likeness (QED) is 0.250. The van der Waals surface area contributed by atoms with Crippen molar-refractivity contribution in [1.82, 2.24) is 10.6 Å². The number of fused-ring (bicyclic) bond motifs is 1. The van der Waals surface area contributed by atoms with Crippen molar-refractivity contribution in [2.75, 3.05) is 25.0 Å². The van der Waals surface area contributed by atoms with Crippen molar-refractivity contribution >= 4 is 51.2 Å². The number of aliphatic imine (C=N–C) groups is 1. The van der Waals surface area contributed by atoms with Crippen molar-refractivity contribution in [3.8, 4) is 0 Å². The summed E-state index contributed by atoms with van der Waals surface area (Å²) in [6, 6.07) is 6.75. The van der Waals surface area contributed by atoms with Crippen LogP contribution in [0.4, 0.5) is 5.00 Å². The monoisotopic (exact) mass is 486 g/mol. The Kier molecular flexibility index (Phi) is 8.40. The number of aryl methyl sites for hydroxylation is 1. The number of anilines is 1. The molecule has 1 aromatic carbocycles. The number of benzene rings is 1. The third kappa shape index (κ3) is 5.69. The fraction of sp³-hybridized carbons (Fsp3) is 0.417. The lowest BCUT2D eigenvalue weighted by Gasteiger charge is -2.24. The Labute approximate surface area is 204 Å². The van der Waals surface area contributed by atoms with Gasteiger partial charge in [0.15, 0.2) is 0 Å². The van der Waals surface area contributed by atoms with E-state index in [4.69, 9.17) is 27.4 Å². The number of nitrogens with one attached hydrogen (secondary N) is 4. The van der Waals surface area contributed by atoms with Crippen LogP contribution in [0.5, 0.6) is 0 Å². The Morgan fingerprint density at radius 3 is 2.52 bits per heavy atom. The number of carbonyl (C=O) groups excluding carboxylic acids is 1. The lowest BCUT2D eigenvalue weighted by molar-refractivity contribution is -0.121. The molecule has 1 aromatic heterocycles. The molecule has 0 aliphatic carbocycles. The molecule has 7 nitrogen and oxygen atoms in total. The van der Waals surface area contributed by atoms with Gasteiger partial charge in [0.1, 0.15) is 22.7 Å². The molecular weight excluding hydrogens is 456 g/mol. The second-order valence-corrected chi connectivity index (χ2v) is 9.77. The first-order valence-corrected chi connectivity index (χ1v) is 12.2. The molecule has 3 rings (SSSR count). The summed E-state index contributed by atoms with van der Waals surface area (Å²) < 4.78 is 0. The fourth-order valence-electron chi connectivity index (χ4n) is 3.79. The van der Waals surface area contributed by atoms with Crippen LogP contribution in [0, 0.1) is 24.7 Å². The van der Waals surface area contributed by atoms with Crippen LogP contribution in [0.1, 0.15) is 47.8 Å². The van der Waals surface area contributed by atoms with E-state index in [0.717, 1.165) is 51.7 Å². The minimum atomic E-state index is -0.701. The maximum atomic E-state index is 12.7. The molecule has 2 heterocycles. The molecule has 0 spiro atoms. The Morgan fingerprint density at radius 2 is 1.88 bits per heavy atom. The van der Waals surface area contributed by atoms with Crippen LogP contribution in [-0.2, 0) is 4.79 Å². The fourth-order valence-corrected chi connectivity index (χ4v) is 5.14. The molecule has 2 aromatic rings. The molecule has 1 aliphatic rings. The van der Waals surface area contributed by atoms with Crippen molar-refractivity contribution in [3.63, 3.8) is 0 Å². The van der Waals surface area contributed by atoms with Crippen molar-refractivity contribution in [1.29, 1.82) is 10.8 Å². The number of thiophene rings is 1. The first-order chi connectivity index (χ1) is 15.7. The number of amides is 1. The van der Waals surface area contributed by atoms with Crippen LogP contribution in [-0.4, -0.2) is 49.5 Å². The number of nitrogens with zero attached hydrogens (tertiary/aromatic N) is 2. The van der Waals surface area contributed by atoms with Crippen molar-refractivity contribution < 1.29 is 4.79 Å². The molecule has 176 valence electrons.